The molecular formula is C56H36NOPS. The van der Waals surface area contributed by atoms with E-state index in [9.17, 15) is 0 Å². The molecule has 2 aliphatic rings. The average Bonchev–Trinajstić information content (AvgIpc) is 3.62. The molecule has 10 aromatic rings. The van der Waals surface area contributed by atoms with Crippen molar-refractivity contribution >= 4 is 56.5 Å². The molecule has 1 spiro atoms. The van der Waals surface area contributed by atoms with Gasteiger partial charge >= 0.3 is 0 Å². The maximum atomic E-state index is 15.1. The first-order valence-corrected chi connectivity index (χ1v) is 22.9. The Morgan fingerprint density at radius 1 is 0.417 bits per heavy atom. The minimum atomic E-state index is -3.08. The standard InChI is InChI=1S/C56H36NOPS/c58-59(40-18-3-1-4-19-40,41-20-5-2-6-21-41)42-32-30-37(31-33-42)38-16-15-17-39(36-38)54-46-34-35-50-55(53(46)45-24-9-13-28-51(45)57-54)60-52-29-14-12-27-49(52)56(50)47-25-10-7-22-43(47)44-23-8-11-26-48(44)56/h1-36H. The zero-order valence-electron chi connectivity index (χ0n) is 32.5. The van der Waals surface area contributed by atoms with Crippen LogP contribution >= 0.6 is 18.9 Å². The predicted molar refractivity (Wildman–Crippen MR) is 251 cm³/mol. The van der Waals surface area contributed by atoms with Crippen LogP contribution in [0.2, 0.25) is 0 Å². The Hall–Kier alpha value is -6.77. The van der Waals surface area contributed by atoms with Gasteiger partial charge in [0.2, 0.25) is 0 Å². The highest BCUT2D eigenvalue weighted by molar-refractivity contribution is 7.99. The minimum absolute atomic E-state index is 0.458. The maximum absolute atomic E-state index is 15.1. The lowest BCUT2D eigenvalue weighted by molar-refractivity contribution is 0.592. The zero-order chi connectivity index (χ0) is 39.8. The minimum Gasteiger partial charge on any atom is -0.309 e. The summed E-state index contributed by atoms with van der Waals surface area (Å²) < 4.78 is 15.1. The molecule has 0 unspecified atom stereocenters. The van der Waals surface area contributed by atoms with Gasteiger partial charge in [-0.05, 0) is 62.7 Å². The van der Waals surface area contributed by atoms with E-state index in [1.54, 1.807) is 0 Å². The van der Waals surface area contributed by atoms with Gasteiger partial charge in [0.1, 0.15) is 0 Å². The largest absolute Gasteiger partial charge is 0.309 e. The number of hydrogen-bond acceptors (Lipinski definition) is 3. The quantitative estimate of drug-likeness (QED) is 0.128. The predicted octanol–water partition coefficient (Wildman–Crippen LogP) is 13.2. The summed E-state index contributed by atoms with van der Waals surface area (Å²) in [7, 11) is -3.08. The van der Waals surface area contributed by atoms with Crippen molar-refractivity contribution in [2.24, 2.45) is 0 Å². The van der Waals surface area contributed by atoms with Crippen molar-refractivity contribution in [3.8, 4) is 33.5 Å². The van der Waals surface area contributed by atoms with Crippen LogP contribution < -0.4 is 15.9 Å². The van der Waals surface area contributed by atoms with Crippen LogP contribution in [0.25, 0.3) is 55.2 Å². The summed E-state index contributed by atoms with van der Waals surface area (Å²) in [6.45, 7) is 0. The van der Waals surface area contributed by atoms with Gasteiger partial charge in [0.25, 0.3) is 0 Å². The Morgan fingerprint density at radius 3 is 1.68 bits per heavy atom. The van der Waals surface area contributed by atoms with Gasteiger partial charge in [0.05, 0.1) is 16.6 Å². The molecule has 2 heterocycles. The molecule has 12 rings (SSSR count). The lowest BCUT2D eigenvalue weighted by atomic mass is 9.67. The summed E-state index contributed by atoms with van der Waals surface area (Å²) >= 11 is 1.89. The molecule has 282 valence electrons. The summed E-state index contributed by atoms with van der Waals surface area (Å²) in [6, 6.07) is 77.1. The highest BCUT2D eigenvalue weighted by Gasteiger charge is 2.50. The fourth-order valence-corrected chi connectivity index (χ4v) is 14.0. The lowest BCUT2D eigenvalue weighted by Crippen LogP contribution is -2.32. The van der Waals surface area contributed by atoms with Gasteiger partial charge in [-0.2, -0.15) is 0 Å². The van der Waals surface area contributed by atoms with E-state index in [2.05, 4.69) is 146 Å². The number of hydrogen-bond donors (Lipinski definition) is 0. The molecule has 0 amide bonds. The number of pyridine rings is 1. The number of para-hydroxylation sites is 1. The summed E-state index contributed by atoms with van der Waals surface area (Å²) in [6.07, 6.45) is 0. The molecule has 9 aromatic carbocycles. The molecule has 0 fully saturated rings. The maximum Gasteiger partial charge on any atom is 0.171 e. The van der Waals surface area contributed by atoms with Crippen LogP contribution in [0.15, 0.2) is 228 Å². The fourth-order valence-electron chi connectivity index (χ4n) is 10.0. The highest BCUT2D eigenvalue weighted by atomic mass is 32.2. The number of benzene rings is 9. The van der Waals surface area contributed by atoms with E-state index < -0.39 is 12.6 Å². The zero-order valence-corrected chi connectivity index (χ0v) is 34.2. The van der Waals surface area contributed by atoms with Crippen molar-refractivity contribution in [2.45, 2.75) is 15.2 Å². The average molecular weight is 802 g/mol. The van der Waals surface area contributed by atoms with Crippen LogP contribution in [-0.2, 0) is 9.98 Å². The smallest absolute Gasteiger partial charge is 0.171 e. The van der Waals surface area contributed by atoms with Crippen molar-refractivity contribution in [3.05, 3.63) is 241 Å². The second-order valence-electron chi connectivity index (χ2n) is 15.7. The molecule has 1 aromatic heterocycles. The SMILES string of the molecule is O=P(c1ccccc1)(c1ccccc1)c1ccc(-c2cccc(-c3nc4ccccc4c4c5c(ccc34)C3(c4ccccc4S5)c4ccccc4-c4ccccc43)c2)cc1. The summed E-state index contributed by atoms with van der Waals surface area (Å²) in [5.41, 5.74) is 12.6. The van der Waals surface area contributed by atoms with E-state index in [-0.39, 0.29) is 0 Å². The van der Waals surface area contributed by atoms with Gasteiger partial charge in [0.15, 0.2) is 7.14 Å². The third-order valence-corrected chi connectivity index (χ3v) is 16.9. The Morgan fingerprint density at radius 2 is 0.983 bits per heavy atom. The Labute approximate surface area is 353 Å². The second kappa shape index (κ2) is 13.6. The topological polar surface area (TPSA) is 30.0 Å². The van der Waals surface area contributed by atoms with E-state index in [0.29, 0.717) is 0 Å². The molecule has 0 atom stereocenters. The Bertz CT molecular complexity index is 3290. The molecule has 1 aliphatic carbocycles. The monoisotopic (exact) mass is 801 g/mol. The van der Waals surface area contributed by atoms with Gasteiger partial charge in [-0.25, -0.2) is 4.98 Å². The van der Waals surface area contributed by atoms with Crippen molar-refractivity contribution in [1.82, 2.24) is 4.98 Å². The van der Waals surface area contributed by atoms with Crippen molar-refractivity contribution in [3.63, 3.8) is 0 Å². The van der Waals surface area contributed by atoms with Gasteiger partial charge in [-0.1, -0.05) is 212 Å². The molecule has 0 bridgehead atoms. The molecule has 0 saturated carbocycles. The molecule has 0 N–H and O–H groups in total. The fraction of sp³-hybridized carbons (Fsp3) is 0.0179. The molecule has 0 saturated heterocycles. The van der Waals surface area contributed by atoms with Gasteiger partial charge in [0, 0.05) is 47.4 Å². The van der Waals surface area contributed by atoms with E-state index in [1.165, 1.54) is 48.6 Å². The van der Waals surface area contributed by atoms with Crippen molar-refractivity contribution in [2.75, 3.05) is 0 Å². The van der Waals surface area contributed by atoms with E-state index in [0.717, 1.165) is 54.6 Å². The van der Waals surface area contributed by atoms with Crippen LogP contribution in [0.1, 0.15) is 22.3 Å². The van der Waals surface area contributed by atoms with Crippen LogP contribution in [0.3, 0.4) is 0 Å². The van der Waals surface area contributed by atoms with E-state index >= 15 is 4.57 Å². The van der Waals surface area contributed by atoms with Crippen molar-refractivity contribution < 1.29 is 4.57 Å². The van der Waals surface area contributed by atoms with Gasteiger partial charge in [-0.3, -0.25) is 0 Å². The van der Waals surface area contributed by atoms with Crippen LogP contribution in [0, 0.1) is 0 Å². The Balaban J connectivity index is 1.04. The number of fused-ring (bicyclic) bond motifs is 13. The summed E-state index contributed by atoms with van der Waals surface area (Å²) in [4.78, 5) is 7.99. The molecule has 4 heteroatoms. The first-order valence-electron chi connectivity index (χ1n) is 20.4. The second-order valence-corrected chi connectivity index (χ2v) is 19.5. The molecule has 2 nitrogen and oxygen atoms in total. The normalized spacial score (nSPS) is 13.5. The third-order valence-electron chi connectivity index (χ3n) is 12.6. The molecule has 60 heavy (non-hydrogen) atoms. The van der Waals surface area contributed by atoms with E-state index in [4.69, 9.17) is 4.98 Å². The first kappa shape index (κ1) is 35.2. The first-order chi connectivity index (χ1) is 29.6. The highest BCUT2D eigenvalue weighted by Crippen LogP contribution is 2.63. The van der Waals surface area contributed by atoms with Crippen molar-refractivity contribution in [1.29, 1.82) is 0 Å². The molecule has 0 radical (unpaired) electrons. The van der Waals surface area contributed by atoms with Crippen LogP contribution in [0.4, 0.5) is 0 Å². The van der Waals surface area contributed by atoms with E-state index in [1.807, 2.05) is 84.6 Å². The lowest BCUT2D eigenvalue weighted by Gasteiger charge is -2.40. The molecule has 1 aliphatic heterocycles. The Kier molecular flexibility index (Phi) is 8.00. The van der Waals surface area contributed by atoms with Crippen LogP contribution in [0.5, 0.6) is 0 Å². The third kappa shape index (κ3) is 5.03. The number of aromatic nitrogens is 1. The summed E-state index contributed by atoms with van der Waals surface area (Å²) in [5, 5.41) is 6.00. The number of rotatable bonds is 5. The van der Waals surface area contributed by atoms with Gasteiger partial charge < -0.3 is 4.57 Å². The van der Waals surface area contributed by atoms with Crippen LogP contribution in [-0.4, -0.2) is 4.98 Å². The van der Waals surface area contributed by atoms with Gasteiger partial charge in [-0.15, -0.1) is 0 Å². The molecular weight excluding hydrogens is 766 g/mol. The summed E-state index contributed by atoms with van der Waals surface area (Å²) in [5.74, 6) is 0. The number of nitrogens with zero attached hydrogens (tertiary/aromatic N) is 1.